The molecule has 2 aromatic heterocycles. The Balaban J connectivity index is 1.49. The van der Waals surface area contributed by atoms with E-state index in [0.717, 1.165) is 43.7 Å². The first-order chi connectivity index (χ1) is 13.0. The summed E-state index contributed by atoms with van der Waals surface area (Å²) in [5, 5.41) is 7.82. The summed E-state index contributed by atoms with van der Waals surface area (Å²) in [4.78, 5) is 23.0. The van der Waals surface area contributed by atoms with Gasteiger partial charge in [0.15, 0.2) is 5.82 Å². The van der Waals surface area contributed by atoms with Crippen molar-refractivity contribution in [1.82, 2.24) is 24.6 Å². The average Bonchev–Trinajstić information content (AvgIpc) is 2.92. The molecule has 0 saturated carbocycles. The van der Waals surface area contributed by atoms with Gasteiger partial charge in [0.2, 0.25) is 5.91 Å². The zero-order valence-corrected chi connectivity index (χ0v) is 16.5. The van der Waals surface area contributed by atoms with Crippen molar-refractivity contribution < 1.29 is 9.53 Å². The maximum absolute atomic E-state index is 12.6. The molecule has 0 aliphatic carbocycles. The van der Waals surface area contributed by atoms with Crippen molar-refractivity contribution in [1.29, 1.82) is 0 Å². The van der Waals surface area contributed by atoms with Crippen LogP contribution in [0.15, 0.2) is 12.4 Å². The van der Waals surface area contributed by atoms with Gasteiger partial charge in [0.05, 0.1) is 12.8 Å². The van der Waals surface area contributed by atoms with Crippen LogP contribution in [-0.4, -0.2) is 56.8 Å². The number of carbonyl (C=O) groups excluding carboxylic acids is 1. The lowest BCUT2D eigenvalue weighted by Crippen LogP contribution is -2.42. The van der Waals surface area contributed by atoms with Crippen molar-refractivity contribution in [3.05, 3.63) is 29.3 Å². The molecule has 1 aliphatic rings. The Morgan fingerprint density at radius 1 is 1.26 bits per heavy atom. The molecular weight excluding hydrogens is 344 g/mol. The minimum atomic E-state index is 0.216. The lowest BCUT2D eigenvalue weighted by Gasteiger charge is -2.32. The number of rotatable bonds is 6. The molecule has 1 N–H and O–H groups in total. The molecule has 3 rings (SSSR count). The van der Waals surface area contributed by atoms with Gasteiger partial charge >= 0.3 is 0 Å². The lowest BCUT2D eigenvalue weighted by atomic mass is 10.0. The Bertz CT molecular complexity index is 795. The van der Waals surface area contributed by atoms with Crippen LogP contribution in [0.5, 0.6) is 5.88 Å². The molecule has 0 atom stereocenters. The van der Waals surface area contributed by atoms with Gasteiger partial charge in [-0.15, -0.1) is 0 Å². The van der Waals surface area contributed by atoms with Crippen LogP contribution >= 0.6 is 0 Å². The Kier molecular flexibility index (Phi) is 5.93. The van der Waals surface area contributed by atoms with Gasteiger partial charge in [0.25, 0.3) is 5.88 Å². The number of carbonyl (C=O) groups is 1. The molecule has 3 heterocycles. The number of likely N-dealkylation sites (tertiary alicyclic amines) is 1. The van der Waals surface area contributed by atoms with Gasteiger partial charge in [-0.1, -0.05) is 0 Å². The van der Waals surface area contributed by atoms with Gasteiger partial charge in [-0.25, -0.2) is 9.97 Å². The van der Waals surface area contributed by atoms with Crippen molar-refractivity contribution in [2.45, 2.75) is 45.6 Å². The van der Waals surface area contributed by atoms with Crippen molar-refractivity contribution in [3.8, 4) is 5.88 Å². The van der Waals surface area contributed by atoms with E-state index in [2.05, 4.69) is 27.3 Å². The highest BCUT2D eigenvalue weighted by atomic mass is 16.5. The predicted octanol–water partition coefficient (Wildman–Crippen LogP) is 1.87. The summed E-state index contributed by atoms with van der Waals surface area (Å²) in [6.07, 6.45) is 6.30. The lowest BCUT2D eigenvalue weighted by molar-refractivity contribution is -0.132. The Labute approximate surface area is 159 Å². The van der Waals surface area contributed by atoms with Gasteiger partial charge in [-0.2, -0.15) is 5.10 Å². The van der Waals surface area contributed by atoms with Crippen LogP contribution in [0.25, 0.3) is 0 Å². The number of aromatic nitrogens is 4. The second kappa shape index (κ2) is 8.37. The topological polar surface area (TPSA) is 85.2 Å². The largest absolute Gasteiger partial charge is 0.478 e. The van der Waals surface area contributed by atoms with E-state index in [1.165, 1.54) is 5.56 Å². The number of hydrogen-bond acceptors (Lipinski definition) is 6. The first-order valence-electron chi connectivity index (χ1n) is 9.38. The second-order valence-electron chi connectivity index (χ2n) is 6.99. The molecular formula is C19H28N6O2. The minimum Gasteiger partial charge on any atom is -0.478 e. The zero-order valence-electron chi connectivity index (χ0n) is 16.5. The normalized spacial score (nSPS) is 15.0. The Morgan fingerprint density at radius 2 is 1.96 bits per heavy atom. The van der Waals surface area contributed by atoms with E-state index >= 15 is 0 Å². The maximum Gasteiger partial charge on any atom is 0.257 e. The molecule has 0 radical (unpaired) electrons. The smallest absolute Gasteiger partial charge is 0.257 e. The van der Waals surface area contributed by atoms with Crippen LogP contribution in [0.2, 0.25) is 0 Å². The van der Waals surface area contributed by atoms with E-state index in [0.29, 0.717) is 18.1 Å². The van der Waals surface area contributed by atoms with Gasteiger partial charge in [-0.05, 0) is 38.7 Å². The third kappa shape index (κ3) is 4.37. The predicted molar refractivity (Wildman–Crippen MR) is 103 cm³/mol. The highest BCUT2D eigenvalue weighted by Gasteiger charge is 2.24. The molecule has 1 fully saturated rings. The van der Waals surface area contributed by atoms with Crippen molar-refractivity contribution in [2.24, 2.45) is 7.05 Å². The van der Waals surface area contributed by atoms with Crippen molar-refractivity contribution in [3.63, 3.8) is 0 Å². The van der Waals surface area contributed by atoms with Crippen LogP contribution in [-0.2, 0) is 18.3 Å². The molecule has 2 aromatic rings. The number of ether oxygens (including phenoxy) is 1. The summed E-state index contributed by atoms with van der Waals surface area (Å²) in [6.45, 7) is 5.57. The van der Waals surface area contributed by atoms with E-state index in [-0.39, 0.29) is 11.9 Å². The Hall–Kier alpha value is -2.64. The number of anilines is 1. The molecule has 0 aromatic carbocycles. The molecule has 8 heteroatoms. The standard InChI is InChI=1S/C19H28N6O2/c1-13-16(14(2)24(3)23-13)5-6-17(26)25-11-7-15(8-12-25)22-18-19(27-4)21-10-9-20-18/h9-10,15H,5-8,11-12H2,1-4H3,(H,20,22). The third-order valence-electron chi connectivity index (χ3n) is 5.29. The first kappa shape index (κ1) is 19.1. The number of hydrogen-bond donors (Lipinski definition) is 1. The molecule has 8 nitrogen and oxygen atoms in total. The molecule has 1 aliphatic heterocycles. The van der Waals surface area contributed by atoms with Gasteiger partial charge in [-0.3, -0.25) is 9.48 Å². The van der Waals surface area contributed by atoms with E-state index in [4.69, 9.17) is 4.74 Å². The van der Waals surface area contributed by atoms with Gasteiger partial charge in [0, 0.05) is 50.7 Å². The second-order valence-corrected chi connectivity index (χ2v) is 6.99. The van der Waals surface area contributed by atoms with Crippen LogP contribution < -0.4 is 10.1 Å². The van der Waals surface area contributed by atoms with Gasteiger partial charge < -0.3 is 15.0 Å². The molecule has 1 amide bonds. The zero-order chi connectivity index (χ0) is 19.4. The average molecular weight is 372 g/mol. The van der Waals surface area contributed by atoms with E-state index in [9.17, 15) is 4.79 Å². The monoisotopic (exact) mass is 372 g/mol. The van der Waals surface area contributed by atoms with Crippen molar-refractivity contribution >= 4 is 11.7 Å². The molecule has 1 saturated heterocycles. The number of methoxy groups -OCH3 is 1. The summed E-state index contributed by atoms with van der Waals surface area (Å²) >= 11 is 0. The van der Waals surface area contributed by atoms with Crippen molar-refractivity contribution in [2.75, 3.05) is 25.5 Å². The van der Waals surface area contributed by atoms with Crippen LogP contribution in [0.3, 0.4) is 0 Å². The van der Waals surface area contributed by atoms with Gasteiger partial charge in [0.1, 0.15) is 0 Å². The highest BCUT2D eigenvalue weighted by Crippen LogP contribution is 2.22. The maximum atomic E-state index is 12.6. The van der Waals surface area contributed by atoms with E-state index in [1.807, 2.05) is 23.6 Å². The number of amides is 1. The molecule has 0 spiro atoms. The number of nitrogens with zero attached hydrogens (tertiary/aromatic N) is 5. The SMILES string of the molecule is COc1nccnc1NC1CCN(C(=O)CCc2c(C)nn(C)c2C)CC1. The first-order valence-corrected chi connectivity index (χ1v) is 9.38. The highest BCUT2D eigenvalue weighted by molar-refractivity contribution is 5.76. The van der Waals surface area contributed by atoms with E-state index in [1.54, 1.807) is 19.5 Å². The Morgan fingerprint density at radius 3 is 2.59 bits per heavy atom. The molecule has 27 heavy (non-hydrogen) atoms. The third-order valence-corrected chi connectivity index (χ3v) is 5.29. The van der Waals surface area contributed by atoms with E-state index < -0.39 is 0 Å². The summed E-state index contributed by atoms with van der Waals surface area (Å²) < 4.78 is 7.12. The molecule has 146 valence electrons. The number of nitrogens with one attached hydrogen (secondary N) is 1. The number of piperidine rings is 1. The fraction of sp³-hybridized carbons (Fsp3) is 0.579. The fourth-order valence-corrected chi connectivity index (χ4v) is 3.61. The van der Waals surface area contributed by atoms with Crippen LogP contribution in [0.4, 0.5) is 5.82 Å². The molecule has 0 unspecified atom stereocenters. The summed E-state index contributed by atoms with van der Waals surface area (Å²) in [6, 6.07) is 0.266. The fourth-order valence-electron chi connectivity index (χ4n) is 3.61. The summed E-state index contributed by atoms with van der Waals surface area (Å²) in [5.74, 6) is 1.37. The quantitative estimate of drug-likeness (QED) is 0.833. The van der Waals surface area contributed by atoms with Crippen LogP contribution in [0, 0.1) is 13.8 Å². The summed E-state index contributed by atoms with van der Waals surface area (Å²) in [7, 11) is 3.53. The summed E-state index contributed by atoms with van der Waals surface area (Å²) in [5.41, 5.74) is 3.35. The van der Waals surface area contributed by atoms with Crippen LogP contribution in [0.1, 0.15) is 36.2 Å². The number of aryl methyl sites for hydroxylation is 2. The minimum absolute atomic E-state index is 0.216. The molecule has 0 bridgehead atoms.